The summed E-state index contributed by atoms with van der Waals surface area (Å²) in [6, 6.07) is 7.61. The van der Waals surface area contributed by atoms with Crippen molar-refractivity contribution in [3.05, 3.63) is 73.6 Å². The molecule has 18 nitrogen and oxygen atoms in total. The van der Waals surface area contributed by atoms with Gasteiger partial charge in [0.25, 0.3) is 0 Å². The fourth-order valence-corrected chi connectivity index (χ4v) is 11.0. The highest BCUT2D eigenvalue weighted by Gasteiger charge is 2.60. The van der Waals surface area contributed by atoms with E-state index in [1.54, 1.807) is 81.7 Å². The summed E-state index contributed by atoms with van der Waals surface area (Å²) in [5.41, 5.74) is 5.18. The number of rotatable bonds is 16. The van der Waals surface area contributed by atoms with Crippen molar-refractivity contribution in [2.24, 2.45) is 23.7 Å². The maximum absolute atomic E-state index is 15.1. The third-order valence-corrected chi connectivity index (χ3v) is 14.8. The molecule has 3 aromatic heterocycles. The molecule has 18 heteroatoms. The summed E-state index contributed by atoms with van der Waals surface area (Å²) >= 11 is 0. The van der Waals surface area contributed by atoms with Gasteiger partial charge in [-0.25, -0.2) is 14.8 Å². The topological polar surface area (TPSA) is 220 Å². The summed E-state index contributed by atoms with van der Waals surface area (Å²) in [5, 5.41) is 11.9. The molecule has 3 aromatic rings. The van der Waals surface area contributed by atoms with E-state index in [1.165, 1.54) is 7.11 Å². The molecule has 6 rings (SSSR count). The Labute approximate surface area is 412 Å². The number of aliphatic hydroxyl groups excluding tert-OH is 1. The number of ether oxygens (including phenoxy) is 6. The number of aryl methyl sites for hydroxylation is 1. The van der Waals surface area contributed by atoms with Crippen LogP contribution in [0.25, 0.3) is 11.3 Å². The van der Waals surface area contributed by atoms with Crippen molar-refractivity contribution in [1.29, 1.82) is 0 Å². The first-order valence-electron chi connectivity index (χ1n) is 24.7. The van der Waals surface area contributed by atoms with Gasteiger partial charge in [-0.1, -0.05) is 39.8 Å². The standard InChI is InChI=1S/C52H75N7O11/c1-12-22-57(10)39-25-32(4)66-49(44(39)62)69-47-34(6)45(68-42(60)27-37-18-14-15-20-54-37)35(7)48(63)67-40(13-2)52(9)46(33(5)43(61)31(3)28-51(47,8)65-11)59(50(64)70-52)24-17-16-23-58-29-38(56-30-58)36-19-21-55-41(53)26-36/h12,14-15,18-21,26,29-35,39-40,44-47,49,62H,1,13,16-17,22-25,27-28H2,2-11H3,(H2,53,55)/t31-,32-,33+,34+,35-,39+,40-,44-,45+,46-,47-,49+,51-,52-/m1/s1. The number of nitrogens with two attached hydrogens (primary N) is 1. The Morgan fingerprint density at radius 2 is 1.79 bits per heavy atom. The number of hydrogen-bond donors (Lipinski definition) is 2. The highest BCUT2D eigenvalue weighted by molar-refractivity contribution is 5.85. The molecule has 0 radical (unpaired) electrons. The summed E-state index contributed by atoms with van der Waals surface area (Å²) in [4.78, 5) is 74.5. The van der Waals surface area contributed by atoms with Crippen LogP contribution >= 0.6 is 0 Å². The fraction of sp³-hybridized carbons (Fsp3) is 0.635. The monoisotopic (exact) mass is 974 g/mol. The number of Topliss-reactive ketones (excluding diaryl/α,β-unsaturated/α-hetero) is 1. The van der Waals surface area contributed by atoms with Crippen molar-refractivity contribution in [1.82, 2.24) is 29.3 Å². The molecule has 3 saturated heterocycles. The Bertz CT molecular complexity index is 2260. The maximum atomic E-state index is 15.1. The lowest BCUT2D eigenvalue weighted by atomic mass is 9.73. The molecule has 0 unspecified atom stereocenters. The molecule has 3 aliphatic rings. The molecule has 14 atom stereocenters. The minimum Gasteiger partial charge on any atom is -0.461 e. The lowest BCUT2D eigenvalue weighted by molar-refractivity contribution is -0.302. The maximum Gasteiger partial charge on any atom is 0.410 e. The first-order chi connectivity index (χ1) is 33.2. The van der Waals surface area contributed by atoms with E-state index < -0.39 is 89.7 Å². The van der Waals surface area contributed by atoms with Gasteiger partial charge in [0.1, 0.15) is 29.9 Å². The molecule has 70 heavy (non-hydrogen) atoms. The Kier molecular flexibility index (Phi) is 18.0. The molecule has 0 aliphatic carbocycles. The van der Waals surface area contributed by atoms with Crippen LogP contribution in [0.2, 0.25) is 0 Å². The highest BCUT2D eigenvalue weighted by Crippen LogP contribution is 2.44. The van der Waals surface area contributed by atoms with E-state index in [1.807, 2.05) is 56.5 Å². The van der Waals surface area contributed by atoms with Gasteiger partial charge in [-0.05, 0) is 91.1 Å². The third-order valence-electron chi connectivity index (χ3n) is 14.8. The van der Waals surface area contributed by atoms with Crippen LogP contribution in [-0.2, 0) is 55.8 Å². The van der Waals surface area contributed by atoms with E-state index in [0.717, 1.165) is 11.3 Å². The highest BCUT2D eigenvalue weighted by atomic mass is 16.7. The number of aromatic nitrogens is 4. The number of amides is 1. The molecule has 1 amide bonds. The van der Waals surface area contributed by atoms with E-state index in [9.17, 15) is 19.5 Å². The molecular formula is C52H75N7O11. The van der Waals surface area contributed by atoms with Crippen LogP contribution in [0, 0.1) is 23.7 Å². The van der Waals surface area contributed by atoms with Crippen molar-refractivity contribution in [2.45, 2.75) is 161 Å². The second kappa shape index (κ2) is 23.3. The Morgan fingerprint density at radius 3 is 2.46 bits per heavy atom. The molecule has 0 aromatic carbocycles. The number of carbonyl (C=O) groups excluding carboxylic acids is 4. The number of likely N-dealkylation sites (N-methyl/N-ethyl adjacent to an activating group) is 1. The van der Waals surface area contributed by atoms with Crippen LogP contribution in [0.3, 0.4) is 0 Å². The quantitative estimate of drug-likeness (QED) is 0.0722. The summed E-state index contributed by atoms with van der Waals surface area (Å²) in [7, 11) is 3.41. The van der Waals surface area contributed by atoms with E-state index in [4.69, 9.17) is 34.2 Å². The molecule has 0 spiro atoms. The number of aliphatic hydroxyl groups is 1. The van der Waals surface area contributed by atoms with Gasteiger partial charge in [-0.3, -0.25) is 24.3 Å². The third kappa shape index (κ3) is 12.1. The zero-order valence-corrected chi connectivity index (χ0v) is 42.6. The summed E-state index contributed by atoms with van der Waals surface area (Å²) < 4.78 is 40.7. The van der Waals surface area contributed by atoms with Crippen molar-refractivity contribution < 1.29 is 52.7 Å². The number of cyclic esters (lactones) is 1. The number of imidazole rings is 1. The minimum absolute atomic E-state index is 0.0989. The van der Waals surface area contributed by atoms with E-state index >= 15 is 4.79 Å². The largest absolute Gasteiger partial charge is 0.461 e. The van der Waals surface area contributed by atoms with Gasteiger partial charge in [0.15, 0.2) is 11.9 Å². The molecule has 3 aliphatic heterocycles. The fourth-order valence-electron chi connectivity index (χ4n) is 11.0. The SMILES string of the molecule is C=CCN(C)[C@H]1C[C@@H](C)O[C@@H](O[C@@H]2[C@@H](C)[C@H](OC(=O)Cc3ccccn3)[C@@H](C)C(=O)O[C@H](CC)[C@@]3(C)OC(=O)N(CCCCn4cnc(-c5ccnc(N)c5)c4)[C@@H]3[C@@H](C)C(=O)[C@H](C)C[C@@]2(C)OC)[C@@H]1O. The van der Waals surface area contributed by atoms with Crippen LogP contribution in [-0.4, -0.2) is 146 Å². The van der Waals surface area contributed by atoms with E-state index in [0.29, 0.717) is 43.9 Å². The average Bonchev–Trinajstić information content (AvgIpc) is 3.91. The van der Waals surface area contributed by atoms with Gasteiger partial charge in [0, 0.05) is 74.7 Å². The van der Waals surface area contributed by atoms with Crippen molar-refractivity contribution >= 4 is 29.6 Å². The number of fused-ring (bicyclic) bond motifs is 1. The number of methoxy groups -OCH3 is 1. The number of hydrogen-bond acceptors (Lipinski definition) is 16. The van der Waals surface area contributed by atoms with Crippen LogP contribution in [0.4, 0.5) is 10.6 Å². The molecule has 384 valence electrons. The lowest BCUT2D eigenvalue weighted by Crippen LogP contribution is -2.61. The molecule has 6 heterocycles. The second-order valence-corrected chi connectivity index (χ2v) is 20.0. The summed E-state index contributed by atoms with van der Waals surface area (Å²) in [5.74, 6) is -4.58. The van der Waals surface area contributed by atoms with Crippen LogP contribution < -0.4 is 5.73 Å². The Morgan fingerprint density at radius 1 is 1.04 bits per heavy atom. The zero-order valence-electron chi connectivity index (χ0n) is 42.6. The van der Waals surface area contributed by atoms with Crippen LogP contribution in [0.1, 0.15) is 93.2 Å². The van der Waals surface area contributed by atoms with Crippen LogP contribution in [0.15, 0.2) is 67.9 Å². The Balaban J connectivity index is 1.34. The van der Waals surface area contributed by atoms with Crippen molar-refractivity contribution in [3.8, 4) is 11.3 Å². The number of unbranched alkanes of at least 4 members (excludes halogenated alkanes) is 1. The summed E-state index contributed by atoms with van der Waals surface area (Å²) in [6.07, 6.45) is 4.01. The van der Waals surface area contributed by atoms with Gasteiger partial charge in [0.05, 0.1) is 53.9 Å². The number of ketones is 1. The van der Waals surface area contributed by atoms with Crippen LogP contribution in [0.5, 0.6) is 0 Å². The van der Waals surface area contributed by atoms with Crippen molar-refractivity contribution in [2.75, 3.05) is 33.0 Å². The molecule has 0 saturated carbocycles. The second-order valence-electron chi connectivity index (χ2n) is 20.0. The molecular weight excluding hydrogens is 899 g/mol. The number of pyridine rings is 2. The van der Waals surface area contributed by atoms with Gasteiger partial charge in [-0.15, -0.1) is 6.58 Å². The minimum atomic E-state index is -1.46. The molecule has 3 N–H and O–H groups in total. The number of carbonyl (C=O) groups is 4. The number of nitrogens with zero attached hydrogens (tertiary/aromatic N) is 6. The average molecular weight is 974 g/mol. The predicted molar refractivity (Wildman–Crippen MR) is 261 cm³/mol. The normalized spacial score (nSPS) is 33.3. The number of nitrogen functional groups attached to an aromatic ring is 1. The number of esters is 2. The predicted octanol–water partition coefficient (Wildman–Crippen LogP) is 6.05. The zero-order chi connectivity index (χ0) is 51.1. The smallest absolute Gasteiger partial charge is 0.410 e. The van der Waals surface area contributed by atoms with Gasteiger partial charge in [-0.2, -0.15) is 0 Å². The number of anilines is 1. The lowest BCUT2D eigenvalue weighted by Gasteiger charge is -2.48. The summed E-state index contributed by atoms with van der Waals surface area (Å²) in [6.45, 7) is 19.6. The Hall–Kier alpha value is -5.27. The van der Waals surface area contributed by atoms with Gasteiger partial charge in [0.2, 0.25) is 0 Å². The van der Waals surface area contributed by atoms with E-state index in [2.05, 4.69) is 21.5 Å². The molecule has 0 bridgehead atoms. The van der Waals surface area contributed by atoms with E-state index in [-0.39, 0.29) is 43.7 Å². The van der Waals surface area contributed by atoms with Gasteiger partial charge < -0.3 is 48.7 Å². The first kappa shape index (κ1) is 54.1. The van der Waals surface area contributed by atoms with Gasteiger partial charge >= 0.3 is 18.0 Å². The first-order valence-corrected chi connectivity index (χ1v) is 24.7. The molecule has 3 fully saturated rings. The van der Waals surface area contributed by atoms with Crippen molar-refractivity contribution in [3.63, 3.8) is 0 Å².